The van der Waals surface area contributed by atoms with Crippen molar-refractivity contribution in [3.63, 3.8) is 0 Å². The molecule has 0 atom stereocenters. The van der Waals surface area contributed by atoms with Crippen molar-refractivity contribution in [1.29, 1.82) is 0 Å². The van der Waals surface area contributed by atoms with Crippen molar-refractivity contribution in [2.75, 3.05) is 0 Å². The molecule has 112 valence electrons. The summed E-state index contributed by atoms with van der Waals surface area (Å²) in [6.07, 6.45) is 0. The smallest absolute Gasteiger partial charge is 0.243 e. The first-order valence-electron chi connectivity index (χ1n) is 5.97. The molecule has 4 nitrogen and oxygen atoms in total. The van der Waals surface area contributed by atoms with E-state index >= 15 is 0 Å². The van der Waals surface area contributed by atoms with Gasteiger partial charge in [-0.3, -0.25) is 0 Å². The van der Waals surface area contributed by atoms with E-state index in [1.807, 2.05) is 0 Å². The lowest BCUT2D eigenvalue weighted by atomic mass is 10.2. The van der Waals surface area contributed by atoms with Gasteiger partial charge in [-0.05, 0) is 35.4 Å². The van der Waals surface area contributed by atoms with Gasteiger partial charge in [-0.25, -0.2) is 17.1 Å². The third-order valence-corrected chi connectivity index (χ3v) is 3.33. The minimum absolute atomic E-state index is 0.344. The number of hydrogen-bond acceptors (Lipinski definition) is 4. The first-order chi connectivity index (χ1) is 9.94. The highest BCUT2D eigenvalue weighted by Crippen LogP contribution is 2.11. The lowest BCUT2D eigenvalue weighted by Crippen LogP contribution is -2.10. The van der Waals surface area contributed by atoms with E-state index in [4.69, 9.17) is 0 Å². The van der Waals surface area contributed by atoms with Crippen LogP contribution in [-0.4, -0.2) is 8.42 Å². The maximum absolute atomic E-state index is 12.9. The molecule has 0 fully saturated rings. The normalized spacial score (nSPS) is 11.5. The molecule has 0 aliphatic carbocycles. The molecule has 0 saturated heterocycles. The van der Waals surface area contributed by atoms with Gasteiger partial charge in [-0.15, -0.1) is 0 Å². The summed E-state index contributed by atoms with van der Waals surface area (Å²) in [5, 5.41) is 0. The van der Waals surface area contributed by atoms with Crippen LogP contribution in [0.15, 0.2) is 48.5 Å². The molecule has 2 rings (SSSR count). The minimum atomic E-state index is -4.25. The van der Waals surface area contributed by atoms with Gasteiger partial charge >= 0.3 is 10.4 Å². The average Bonchev–Trinajstić information content (AvgIpc) is 2.44. The van der Waals surface area contributed by atoms with Gasteiger partial charge in [-0.1, -0.05) is 24.3 Å². The Hall–Kier alpha value is -1.83. The predicted octanol–water partition coefficient (Wildman–Crippen LogP) is 2.94. The van der Waals surface area contributed by atoms with Crippen molar-refractivity contribution in [3.8, 4) is 0 Å². The van der Waals surface area contributed by atoms with E-state index in [9.17, 15) is 17.2 Å². The zero-order valence-electron chi connectivity index (χ0n) is 10.8. The van der Waals surface area contributed by atoms with Crippen molar-refractivity contribution >= 4 is 10.4 Å². The molecule has 0 unspecified atom stereocenters. The van der Waals surface area contributed by atoms with Gasteiger partial charge in [0.15, 0.2) is 0 Å². The number of rotatable bonds is 6. The first-order valence-corrected chi connectivity index (χ1v) is 7.31. The summed E-state index contributed by atoms with van der Waals surface area (Å²) in [6, 6.07) is 10.7. The summed E-state index contributed by atoms with van der Waals surface area (Å²) in [4.78, 5) is 0. The van der Waals surface area contributed by atoms with Crippen LogP contribution in [-0.2, 0) is 32.0 Å². The Morgan fingerprint density at radius 1 is 0.810 bits per heavy atom. The maximum Gasteiger partial charge on any atom is 0.400 e. The molecule has 0 aliphatic rings. The molecule has 7 heteroatoms. The van der Waals surface area contributed by atoms with Gasteiger partial charge in [-0.2, -0.15) is 8.42 Å². The highest BCUT2D eigenvalue weighted by molar-refractivity contribution is 7.81. The second kappa shape index (κ2) is 6.75. The predicted molar refractivity (Wildman–Crippen MR) is 71.3 cm³/mol. The molecule has 0 aliphatic heterocycles. The van der Waals surface area contributed by atoms with Gasteiger partial charge in [0.25, 0.3) is 0 Å². The number of halogens is 2. The quantitative estimate of drug-likeness (QED) is 0.822. The van der Waals surface area contributed by atoms with Crippen molar-refractivity contribution in [2.45, 2.75) is 13.2 Å². The van der Waals surface area contributed by atoms with Gasteiger partial charge < -0.3 is 0 Å². The Kier molecular flexibility index (Phi) is 5.00. The summed E-state index contributed by atoms with van der Waals surface area (Å²) >= 11 is 0. The third-order valence-electron chi connectivity index (χ3n) is 2.52. The molecule has 0 heterocycles. The molecule has 0 amide bonds. The zero-order chi connectivity index (χ0) is 15.3. The lowest BCUT2D eigenvalue weighted by molar-refractivity contribution is 0.201. The van der Waals surface area contributed by atoms with Crippen molar-refractivity contribution < 1.29 is 25.6 Å². The Bertz CT molecular complexity index is 661. The molecule has 0 radical (unpaired) electrons. The van der Waals surface area contributed by atoms with Crippen molar-refractivity contribution in [3.05, 3.63) is 71.3 Å². The Balaban J connectivity index is 1.90. The minimum Gasteiger partial charge on any atom is -0.243 e. The van der Waals surface area contributed by atoms with E-state index in [-0.39, 0.29) is 13.2 Å². The SMILES string of the molecule is O=S(=O)(OCc1cccc(F)c1)OCc1cccc(F)c1. The second-order valence-electron chi connectivity index (χ2n) is 4.19. The van der Waals surface area contributed by atoms with Gasteiger partial charge in [0, 0.05) is 0 Å². The molecule has 0 bridgehead atoms. The van der Waals surface area contributed by atoms with E-state index in [0.29, 0.717) is 11.1 Å². The van der Waals surface area contributed by atoms with Gasteiger partial charge in [0.05, 0.1) is 13.2 Å². The second-order valence-corrected chi connectivity index (χ2v) is 5.48. The molecule has 2 aromatic rings. The van der Waals surface area contributed by atoms with Crippen molar-refractivity contribution in [1.82, 2.24) is 0 Å². The van der Waals surface area contributed by atoms with Crippen LogP contribution in [0.1, 0.15) is 11.1 Å². The third kappa shape index (κ3) is 5.22. The molecular weight excluding hydrogens is 302 g/mol. The molecule has 0 spiro atoms. The van der Waals surface area contributed by atoms with Crippen LogP contribution in [0.5, 0.6) is 0 Å². The largest absolute Gasteiger partial charge is 0.400 e. The molecule has 2 aromatic carbocycles. The van der Waals surface area contributed by atoms with Crippen LogP contribution >= 0.6 is 0 Å². The number of hydrogen-bond donors (Lipinski definition) is 0. The van der Waals surface area contributed by atoms with Crippen molar-refractivity contribution in [2.24, 2.45) is 0 Å². The van der Waals surface area contributed by atoms with E-state index in [1.165, 1.54) is 36.4 Å². The van der Waals surface area contributed by atoms with Gasteiger partial charge in [0.1, 0.15) is 11.6 Å². The van der Waals surface area contributed by atoms with Gasteiger partial charge in [0.2, 0.25) is 0 Å². The monoisotopic (exact) mass is 314 g/mol. The summed E-state index contributed by atoms with van der Waals surface area (Å²) in [5.41, 5.74) is 0.709. The zero-order valence-corrected chi connectivity index (χ0v) is 11.6. The highest BCUT2D eigenvalue weighted by atomic mass is 32.3. The number of benzene rings is 2. The Morgan fingerprint density at radius 2 is 1.24 bits per heavy atom. The molecular formula is C14H12F2O4S. The maximum atomic E-state index is 12.9. The lowest BCUT2D eigenvalue weighted by Gasteiger charge is -2.06. The topological polar surface area (TPSA) is 52.6 Å². The van der Waals surface area contributed by atoms with Crippen LogP contribution < -0.4 is 0 Å². The van der Waals surface area contributed by atoms with Crippen LogP contribution in [0, 0.1) is 11.6 Å². The molecule has 0 N–H and O–H groups in total. The van der Waals surface area contributed by atoms with E-state index in [0.717, 1.165) is 12.1 Å². The summed E-state index contributed by atoms with van der Waals surface area (Å²) in [7, 11) is -4.25. The Labute approximate surface area is 121 Å². The van der Waals surface area contributed by atoms with Crippen LogP contribution in [0.25, 0.3) is 0 Å². The highest BCUT2D eigenvalue weighted by Gasteiger charge is 2.13. The fraction of sp³-hybridized carbons (Fsp3) is 0.143. The first kappa shape index (κ1) is 15.6. The molecule has 0 aromatic heterocycles. The van der Waals surface area contributed by atoms with E-state index in [1.54, 1.807) is 0 Å². The fourth-order valence-electron chi connectivity index (χ4n) is 1.57. The summed E-state index contributed by atoms with van der Waals surface area (Å²) in [6.45, 7) is -0.688. The standard InChI is InChI=1S/C14H12F2O4S/c15-13-5-1-3-11(7-13)9-19-21(17,18)20-10-12-4-2-6-14(16)8-12/h1-8H,9-10H2. The summed E-state index contributed by atoms with van der Waals surface area (Å²) in [5.74, 6) is -0.983. The van der Waals surface area contributed by atoms with Crippen LogP contribution in [0.4, 0.5) is 8.78 Å². The fourth-order valence-corrected chi connectivity index (χ4v) is 2.20. The Morgan fingerprint density at radius 3 is 1.62 bits per heavy atom. The summed E-state index contributed by atoms with van der Waals surface area (Å²) < 4.78 is 58.1. The molecule has 21 heavy (non-hydrogen) atoms. The average molecular weight is 314 g/mol. The van der Waals surface area contributed by atoms with Crippen LogP contribution in [0.2, 0.25) is 0 Å². The van der Waals surface area contributed by atoms with E-state index < -0.39 is 22.0 Å². The van der Waals surface area contributed by atoms with E-state index in [2.05, 4.69) is 8.37 Å². The van der Waals surface area contributed by atoms with Crippen LogP contribution in [0.3, 0.4) is 0 Å². The molecule has 0 saturated carbocycles.